The molecule has 2 aliphatic rings. The molecule has 3 heteroatoms. The Bertz CT molecular complexity index is 240. The number of rotatable bonds is 4. The standard InChI is InChI=1S/C14H27NO2/c1-11(13-6-4-3-5-7-13)15-10-14(16)8-9-17-12(14)2/h11-13,15-16H,3-10H2,1-2H3. The van der Waals surface area contributed by atoms with Crippen molar-refractivity contribution in [3.05, 3.63) is 0 Å². The monoisotopic (exact) mass is 241 g/mol. The molecule has 100 valence electrons. The largest absolute Gasteiger partial charge is 0.386 e. The van der Waals surface area contributed by atoms with Crippen LogP contribution in [0.4, 0.5) is 0 Å². The lowest BCUT2D eigenvalue weighted by atomic mass is 9.84. The van der Waals surface area contributed by atoms with Gasteiger partial charge in [0.1, 0.15) is 5.60 Å². The van der Waals surface area contributed by atoms with E-state index in [1.54, 1.807) is 0 Å². The zero-order valence-electron chi connectivity index (χ0n) is 11.2. The highest BCUT2D eigenvalue weighted by Crippen LogP contribution is 2.28. The van der Waals surface area contributed by atoms with E-state index in [1.807, 2.05) is 6.92 Å². The lowest BCUT2D eigenvalue weighted by Crippen LogP contribution is -2.49. The SMILES string of the molecule is CC(NCC1(O)CCOC1C)C1CCCCC1. The first-order valence-electron chi connectivity index (χ1n) is 7.19. The lowest BCUT2D eigenvalue weighted by molar-refractivity contribution is -0.0286. The summed E-state index contributed by atoms with van der Waals surface area (Å²) in [4.78, 5) is 0. The van der Waals surface area contributed by atoms with Gasteiger partial charge in [-0.05, 0) is 32.6 Å². The molecule has 1 aliphatic heterocycles. The third-order valence-corrected chi connectivity index (χ3v) is 4.75. The summed E-state index contributed by atoms with van der Waals surface area (Å²) in [5.41, 5.74) is -0.650. The maximum atomic E-state index is 10.4. The molecule has 1 saturated carbocycles. The summed E-state index contributed by atoms with van der Waals surface area (Å²) >= 11 is 0. The quantitative estimate of drug-likeness (QED) is 0.792. The highest BCUT2D eigenvalue weighted by atomic mass is 16.5. The Balaban J connectivity index is 1.76. The van der Waals surface area contributed by atoms with Crippen molar-refractivity contribution in [2.24, 2.45) is 5.92 Å². The smallest absolute Gasteiger partial charge is 0.105 e. The van der Waals surface area contributed by atoms with Crippen molar-refractivity contribution in [2.45, 2.75) is 70.1 Å². The van der Waals surface area contributed by atoms with Crippen LogP contribution in [0.2, 0.25) is 0 Å². The van der Waals surface area contributed by atoms with E-state index in [2.05, 4.69) is 12.2 Å². The summed E-state index contributed by atoms with van der Waals surface area (Å²) in [5, 5.41) is 14.0. The highest BCUT2D eigenvalue weighted by molar-refractivity contribution is 4.92. The fourth-order valence-electron chi connectivity index (χ4n) is 3.14. The molecule has 3 atom stereocenters. The Morgan fingerprint density at radius 2 is 2.06 bits per heavy atom. The van der Waals surface area contributed by atoms with E-state index in [1.165, 1.54) is 32.1 Å². The van der Waals surface area contributed by atoms with Crippen LogP contribution in [0.5, 0.6) is 0 Å². The molecule has 0 aromatic heterocycles. The third kappa shape index (κ3) is 3.21. The summed E-state index contributed by atoms with van der Waals surface area (Å²) in [7, 11) is 0. The van der Waals surface area contributed by atoms with Crippen molar-refractivity contribution in [3.63, 3.8) is 0 Å². The van der Waals surface area contributed by atoms with Gasteiger partial charge in [-0.25, -0.2) is 0 Å². The zero-order valence-corrected chi connectivity index (χ0v) is 11.2. The lowest BCUT2D eigenvalue weighted by Gasteiger charge is -2.32. The van der Waals surface area contributed by atoms with Crippen LogP contribution < -0.4 is 5.32 Å². The third-order valence-electron chi connectivity index (χ3n) is 4.75. The normalized spacial score (nSPS) is 37.2. The van der Waals surface area contributed by atoms with Crippen molar-refractivity contribution < 1.29 is 9.84 Å². The Morgan fingerprint density at radius 1 is 1.35 bits per heavy atom. The molecule has 3 nitrogen and oxygen atoms in total. The van der Waals surface area contributed by atoms with Crippen LogP contribution in [-0.2, 0) is 4.74 Å². The number of hydrogen-bond donors (Lipinski definition) is 2. The highest BCUT2D eigenvalue weighted by Gasteiger charge is 2.39. The van der Waals surface area contributed by atoms with E-state index in [0.717, 1.165) is 12.3 Å². The maximum absolute atomic E-state index is 10.4. The van der Waals surface area contributed by atoms with E-state index >= 15 is 0 Å². The first kappa shape index (κ1) is 13.3. The molecule has 0 amide bonds. The van der Waals surface area contributed by atoms with Crippen LogP contribution in [0.25, 0.3) is 0 Å². The molecule has 0 aromatic carbocycles. The molecule has 2 fully saturated rings. The Kier molecular flexibility index (Phi) is 4.45. The minimum atomic E-state index is -0.650. The van der Waals surface area contributed by atoms with Crippen LogP contribution in [0.15, 0.2) is 0 Å². The second-order valence-electron chi connectivity index (χ2n) is 5.93. The number of aliphatic hydroxyl groups is 1. The van der Waals surface area contributed by atoms with Gasteiger partial charge in [0.05, 0.1) is 6.10 Å². The van der Waals surface area contributed by atoms with E-state index in [9.17, 15) is 5.11 Å². The Morgan fingerprint density at radius 3 is 2.65 bits per heavy atom. The molecule has 2 rings (SSSR count). The Hall–Kier alpha value is -0.120. The van der Waals surface area contributed by atoms with Gasteiger partial charge in [0.2, 0.25) is 0 Å². The molecule has 0 bridgehead atoms. The van der Waals surface area contributed by atoms with Gasteiger partial charge < -0.3 is 15.2 Å². The number of nitrogens with one attached hydrogen (secondary N) is 1. The van der Waals surface area contributed by atoms with Gasteiger partial charge in [-0.15, -0.1) is 0 Å². The van der Waals surface area contributed by atoms with Crippen LogP contribution >= 0.6 is 0 Å². The van der Waals surface area contributed by atoms with Crippen molar-refractivity contribution in [3.8, 4) is 0 Å². The van der Waals surface area contributed by atoms with E-state index < -0.39 is 5.60 Å². The zero-order chi connectivity index (χ0) is 12.3. The molecule has 2 N–H and O–H groups in total. The molecule has 0 spiro atoms. The topological polar surface area (TPSA) is 41.5 Å². The van der Waals surface area contributed by atoms with Crippen molar-refractivity contribution in [2.75, 3.05) is 13.2 Å². The average Bonchev–Trinajstić information content (AvgIpc) is 2.68. The molecular formula is C14H27NO2. The van der Waals surface area contributed by atoms with Gasteiger partial charge in [0.25, 0.3) is 0 Å². The predicted molar refractivity (Wildman–Crippen MR) is 69.0 cm³/mol. The minimum absolute atomic E-state index is 0.0337. The second-order valence-corrected chi connectivity index (χ2v) is 5.93. The number of hydrogen-bond acceptors (Lipinski definition) is 3. The summed E-state index contributed by atoms with van der Waals surface area (Å²) in [5.74, 6) is 0.796. The van der Waals surface area contributed by atoms with Crippen molar-refractivity contribution in [1.82, 2.24) is 5.32 Å². The Labute approximate surface area is 105 Å². The van der Waals surface area contributed by atoms with E-state index in [0.29, 0.717) is 19.2 Å². The second kappa shape index (κ2) is 5.68. The van der Waals surface area contributed by atoms with Crippen molar-refractivity contribution >= 4 is 0 Å². The summed E-state index contributed by atoms with van der Waals surface area (Å²) in [6.45, 7) is 5.60. The van der Waals surface area contributed by atoms with E-state index in [-0.39, 0.29) is 6.10 Å². The molecule has 1 aliphatic carbocycles. The van der Waals surface area contributed by atoms with Crippen LogP contribution in [0.3, 0.4) is 0 Å². The fraction of sp³-hybridized carbons (Fsp3) is 1.00. The molecule has 1 heterocycles. The van der Waals surface area contributed by atoms with Crippen LogP contribution in [0.1, 0.15) is 52.4 Å². The van der Waals surface area contributed by atoms with Crippen LogP contribution in [0, 0.1) is 5.92 Å². The predicted octanol–water partition coefficient (Wildman–Crippen LogP) is 2.08. The average molecular weight is 241 g/mol. The first-order valence-corrected chi connectivity index (χ1v) is 7.19. The molecular weight excluding hydrogens is 214 g/mol. The summed E-state index contributed by atoms with van der Waals surface area (Å²) in [6.07, 6.45) is 7.57. The van der Waals surface area contributed by atoms with Crippen LogP contribution in [-0.4, -0.2) is 36.0 Å². The molecule has 0 aromatic rings. The van der Waals surface area contributed by atoms with Gasteiger partial charge in [-0.1, -0.05) is 19.3 Å². The van der Waals surface area contributed by atoms with Gasteiger partial charge in [0.15, 0.2) is 0 Å². The summed E-state index contributed by atoms with van der Waals surface area (Å²) in [6, 6.07) is 0.520. The number of ether oxygens (including phenoxy) is 1. The fourth-order valence-corrected chi connectivity index (χ4v) is 3.14. The molecule has 3 unspecified atom stereocenters. The first-order chi connectivity index (χ1) is 8.12. The van der Waals surface area contributed by atoms with Gasteiger partial charge >= 0.3 is 0 Å². The van der Waals surface area contributed by atoms with Crippen molar-refractivity contribution in [1.29, 1.82) is 0 Å². The van der Waals surface area contributed by atoms with E-state index in [4.69, 9.17) is 4.74 Å². The minimum Gasteiger partial charge on any atom is -0.386 e. The molecule has 1 saturated heterocycles. The summed E-state index contributed by atoms with van der Waals surface area (Å²) < 4.78 is 5.46. The van der Waals surface area contributed by atoms with Gasteiger partial charge in [0, 0.05) is 25.6 Å². The molecule has 0 radical (unpaired) electrons. The maximum Gasteiger partial charge on any atom is 0.105 e. The molecule has 17 heavy (non-hydrogen) atoms. The van der Waals surface area contributed by atoms with Gasteiger partial charge in [-0.3, -0.25) is 0 Å². The van der Waals surface area contributed by atoms with Gasteiger partial charge in [-0.2, -0.15) is 0 Å².